The summed E-state index contributed by atoms with van der Waals surface area (Å²) in [4.78, 5) is 72.5. The molecule has 540 valence electrons. The normalized spacial score (nSPS) is 14.0. The van der Waals surface area contributed by atoms with Crippen LogP contribution in [0.4, 0.5) is 0 Å². The highest BCUT2D eigenvalue weighted by Gasteiger charge is 2.30. The first kappa shape index (κ1) is 89.1. The maximum Gasteiger partial charge on any atom is 0.472 e. The molecule has 2 unspecified atom stereocenters. The Morgan fingerprint density at radius 2 is 0.505 bits per heavy atom. The Bertz CT molecular complexity index is 1750. The van der Waals surface area contributed by atoms with Gasteiger partial charge in [0.2, 0.25) is 0 Å². The van der Waals surface area contributed by atoms with Gasteiger partial charge in [0.25, 0.3) is 0 Å². The molecule has 0 fully saturated rings. The largest absolute Gasteiger partial charge is 0.472 e. The van der Waals surface area contributed by atoms with Gasteiger partial charge in [-0.3, -0.25) is 37.3 Å². The van der Waals surface area contributed by atoms with Crippen molar-refractivity contribution in [1.29, 1.82) is 0 Å². The number of carbonyl (C=O) groups excluding carboxylic acids is 4. The summed E-state index contributed by atoms with van der Waals surface area (Å²) in [6.07, 6.45) is 52.6. The zero-order valence-corrected chi connectivity index (χ0v) is 60.8. The summed E-state index contributed by atoms with van der Waals surface area (Å²) >= 11 is 0. The minimum atomic E-state index is -4.95. The summed E-state index contributed by atoms with van der Waals surface area (Å²) in [5.41, 5.74) is 0. The van der Waals surface area contributed by atoms with Crippen LogP contribution in [0.3, 0.4) is 0 Å². The molecule has 0 saturated heterocycles. The summed E-state index contributed by atoms with van der Waals surface area (Å²) in [7, 11) is -9.90. The van der Waals surface area contributed by atoms with Crippen LogP contribution in [0.15, 0.2) is 0 Å². The van der Waals surface area contributed by atoms with Crippen LogP contribution in [0, 0.1) is 5.92 Å². The van der Waals surface area contributed by atoms with Crippen LogP contribution in [0.1, 0.15) is 375 Å². The van der Waals surface area contributed by atoms with E-state index in [2.05, 4.69) is 34.6 Å². The molecule has 0 aliphatic rings. The highest BCUT2D eigenvalue weighted by Crippen LogP contribution is 2.45. The number of aliphatic hydroxyl groups excluding tert-OH is 1. The Kier molecular flexibility index (Phi) is 64.0. The summed E-state index contributed by atoms with van der Waals surface area (Å²) < 4.78 is 68.3. The van der Waals surface area contributed by atoms with Crippen LogP contribution in [0.25, 0.3) is 0 Å². The van der Waals surface area contributed by atoms with E-state index in [1.54, 1.807) is 0 Å². The SMILES string of the molecule is CCCCCCCCCCCCCCCC(=O)OC[C@H](COP(=O)(O)OC[C@@H](O)COP(=O)(O)OC[C@@H](COC(=O)CCCCCCCCCC)OC(=O)CCCCCCCCCCCCCC)OC(=O)CCCCCCCCCCCCCCCCCC(C)C. The van der Waals surface area contributed by atoms with Gasteiger partial charge in [0.1, 0.15) is 19.3 Å². The van der Waals surface area contributed by atoms with E-state index in [1.165, 1.54) is 193 Å². The molecule has 3 N–H and O–H groups in total. The molecule has 0 saturated carbocycles. The van der Waals surface area contributed by atoms with Gasteiger partial charge in [0.05, 0.1) is 26.4 Å². The maximum atomic E-state index is 13.0. The van der Waals surface area contributed by atoms with Crippen LogP contribution in [-0.2, 0) is 65.4 Å². The van der Waals surface area contributed by atoms with Crippen molar-refractivity contribution < 1.29 is 80.2 Å². The van der Waals surface area contributed by atoms with E-state index >= 15 is 0 Å². The lowest BCUT2D eigenvalue weighted by Gasteiger charge is -2.21. The number of rotatable bonds is 72. The van der Waals surface area contributed by atoms with E-state index in [-0.39, 0.29) is 25.7 Å². The second kappa shape index (κ2) is 65.4. The molecule has 0 aromatic rings. The summed E-state index contributed by atoms with van der Waals surface area (Å²) in [5.74, 6) is -1.32. The molecule has 0 aromatic heterocycles. The van der Waals surface area contributed by atoms with E-state index < -0.39 is 97.5 Å². The molecule has 0 amide bonds. The zero-order chi connectivity index (χ0) is 67.0. The predicted molar refractivity (Wildman–Crippen MR) is 368 cm³/mol. The van der Waals surface area contributed by atoms with E-state index in [9.17, 15) is 43.2 Å². The molecular formula is C72H140O17P2. The molecule has 5 atom stereocenters. The van der Waals surface area contributed by atoms with Crippen molar-refractivity contribution in [2.24, 2.45) is 5.92 Å². The third-order valence-electron chi connectivity index (χ3n) is 16.8. The van der Waals surface area contributed by atoms with Crippen molar-refractivity contribution in [2.45, 2.75) is 393 Å². The highest BCUT2D eigenvalue weighted by molar-refractivity contribution is 7.47. The van der Waals surface area contributed by atoms with Gasteiger partial charge in [0, 0.05) is 25.7 Å². The lowest BCUT2D eigenvalue weighted by molar-refractivity contribution is -0.161. The molecule has 17 nitrogen and oxygen atoms in total. The molecule has 0 aliphatic heterocycles. The lowest BCUT2D eigenvalue weighted by atomic mass is 10.0. The quantitative estimate of drug-likeness (QED) is 0.0222. The van der Waals surface area contributed by atoms with Gasteiger partial charge >= 0.3 is 39.5 Å². The smallest absolute Gasteiger partial charge is 0.462 e. The average molecular weight is 1340 g/mol. The molecule has 0 rings (SSSR count). The Balaban J connectivity index is 5.20. The summed E-state index contributed by atoms with van der Waals surface area (Å²) in [5, 5.41) is 10.6. The second-order valence-electron chi connectivity index (χ2n) is 26.5. The standard InChI is InChI=1S/C72H140O17P2/c1-6-9-12-15-18-21-23-28-33-36-41-46-51-56-70(75)83-62-68(89-72(77)58-53-48-43-38-34-30-27-25-26-29-31-35-39-44-49-54-65(4)5)64-87-91(80,81)85-60-66(73)59-84-90(78,79)86-63-67(61-82-69(74)55-50-45-40-20-17-14-11-8-3)88-71(76)57-52-47-42-37-32-24-22-19-16-13-10-7-2/h65-68,73H,6-64H2,1-5H3,(H,78,79)(H,80,81)/t66-,67+,68+/m0/s1. The monoisotopic (exact) mass is 1340 g/mol. The van der Waals surface area contributed by atoms with E-state index in [0.29, 0.717) is 25.7 Å². The van der Waals surface area contributed by atoms with Gasteiger partial charge in [-0.05, 0) is 31.6 Å². The van der Waals surface area contributed by atoms with Gasteiger partial charge in [-0.25, -0.2) is 9.13 Å². The molecule has 0 spiro atoms. The Morgan fingerprint density at radius 3 is 0.747 bits per heavy atom. The number of carbonyl (C=O) groups is 4. The third kappa shape index (κ3) is 66.5. The second-order valence-corrected chi connectivity index (χ2v) is 29.4. The molecule has 0 heterocycles. The topological polar surface area (TPSA) is 237 Å². The van der Waals surface area contributed by atoms with Crippen molar-refractivity contribution in [3.05, 3.63) is 0 Å². The van der Waals surface area contributed by atoms with Crippen molar-refractivity contribution in [1.82, 2.24) is 0 Å². The van der Waals surface area contributed by atoms with Gasteiger partial charge in [-0.2, -0.15) is 0 Å². The van der Waals surface area contributed by atoms with E-state index in [4.69, 9.17) is 37.0 Å². The van der Waals surface area contributed by atoms with E-state index in [0.717, 1.165) is 102 Å². The Labute approximate surface area is 556 Å². The van der Waals surface area contributed by atoms with Gasteiger partial charge in [-0.1, -0.05) is 324 Å². The number of aliphatic hydroxyl groups is 1. The van der Waals surface area contributed by atoms with Crippen LogP contribution < -0.4 is 0 Å². The Hall–Kier alpha value is -1.94. The lowest BCUT2D eigenvalue weighted by Crippen LogP contribution is -2.30. The highest BCUT2D eigenvalue weighted by atomic mass is 31.2. The fourth-order valence-electron chi connectivity index (χ4n) is 11.0. The molecule has 0 radical (unpaired) electrons. The summed E-state index contributed by atoms with van der Waals surface area (Å²) in [6.45, 7) is 7.27. The van der Waals surface area contributed by atoms with Crippen molar-refractivity contribution in [3.8, 4) is 0 Å². The molecule has 0 aromatic carbocycles. The predicted octanol–water partition coefficient (Wildman–Crippen LogP) is 20.9. The van der Waals surface area contributed by atoms with Gasteiger partial charge in [0.15, 0.2) is 12.2 Å². The van der Waals surface area contributed by atoms with Crippen LogP contribution >= 0.6 is 15.6 Å². The van der Waals surface area contributed by atoms with Crippen LogP contribution in [0.2, 0.25) is 0 Å². The molecule has 0 bridgehead atoms. The first-order chi connectivity index (χ1) is 44.0. The summed E-state index contributed by atoms with van der Waals surface area (Å²) in [6, 6.07) is 0. The number of esters is 4. The maximum absolute atomic E-state index is 13.0. The van der Waals surface area contributed by atoms with Crippen LogP contribution in [0.5, 0.6) is 0 Å². The molecular weight excluding hydrogens is 1200 g/mol. The number of phosphoric acid groups is 2. The van der Waals surface area contributed by atoms with Crippen molar-refractivity contribution >= 4 is 39.5 Å². The molecule has 19 heteroatoms. The molecule has 91 heavy (non-hydrogen) atoms. The number of hydrogen-bond donors (Lipinski definition) is 3. The number of ether oxygens (including phenoxy) is 4. The fourth-order valence-corrected chi connectivity index (χ4v) is 12.6. The number of hydrogen-bond acceptors (Lipinski definition) is 15. The van der Waals surface area contributed by atoms with Gasteiger partial charge in [-0.15, -0.1) is 0 Å². The third-order valence-corrected chi connectivity index (χ3v) is 18.7. The zero-order valence-electron chi connectivity index (χ0n) is 59.0. The number of phosphoric ester groups is 2. The van der Waals surface area contributed by atoms with E-state index in [1.807, 2.05) is 0 Å². The van der Waals surface area contributed by atoms with Crippen molar-refractivity contribution in [2.75, 3.05) is 39.6 Å². The molecule has 0 aliphatic carbocycles. The first-order valence-corrected chi connectivity index (χ1v) is 40.6. The minimum Gasteiger partial charge on any atom is -0.462 e. The number of unbranched alkanes of at least 4 members (excludes halogenated alkanes) is 44. The van der Waals surface area contributed by atoms with Gasteiger partial charge < -0.3 is 33.8 Å². The van der Waals surface area contributed by atoms with Crippen LogP contribution in [-0.4, -0.2) is 96.7 Å². The average Bonchev–Trinajstić information content (AvgIpc) is 3.16. The minimum absolute atomic E-state index is 0.107. The fraction of sp³-hybridized carbons (Fsp3) is 0.944. The van der Waals surface area contributed by atoms with Crippen molar-refractivity contribution in [3.63, 3.8) is 0 Å². The Morgan fingerprint density at radius 1 is 0.297 bits per heavy atom. The first-order valence-electron chi connectivity index (χ1n) is 37.6.